The zero-order valence-corrected chi connectivity index (χ0v) is 19.8. The summed E-state index contributed by atoms with van der Waals surface area (Å²) in [7, 11) is -3.50. The van der Waals surface area contributed by atoms with E-state index in [0.717, 1.165) is 23.1 Å². The van der Waals surface area contributed by atoms with Gasteiger partial charge in [0.05, 0.1) is 22.4 Å². The molecule has 1 unspecified atom stereocenters. The first kappa shape index (κ1) is 23.4. The van der Waals surface area contributed by atoms with Gasteiger partial charge >= 0.3 is 5.97 Å². The zero-order chi connectivity index (χ0) is 24.5. The molecule has 2 heterocycles. The number of benzene rings is 2. The molecule has 0 N–H and O–H groups in total. The van der Waals surface area contributed by atoms with Crippen molar-refractivity contribution in [3.63, 3.8) is 0 Å². The van der Waals surface area contributed by atoms with Crippen molar-refractivity contribution in [1.29, 1.82) is 0 Å². The number of hydrazone groups is 1. The van der Waals surface area contributed by atoms with Crippen molar-refractivity contribution in [3.05, 3.63) is 88.9 Å². The van der Waals surface area contributed by atoms with Crippen LogP contribution < -0.4 is 0 Å². The molecule has 0 radical (unpaired) electrons. The van der Waals surface area contributed by atoms with Gasteiger partial charge in [-0.25, -0.2) is 18.2 Å². The van der Waals surface area contributed by atoms with Gasteiger partial charge in [-0.2, -0.15) is 5.10 Å². The Labute approximate surface area is 197 Å². The number of amides is 1. The molecule has 1 atom stereocenters. The lowest BCUT2D eigenvalue weighted by atomic mass is 10.0. The minimum Gasteiger partial charge on any atom is -0.467 e. The Morgan fingerprint density at radius 2 is 1.85 bits per heavy atom. The van der Waals surface area contributed by atoms with Crippen LogP contribution in [0.3, 0.4) is 0 Å². The fourth-order valence-corrected chi connectivity index (χ4v) is 4.33. The van der Waals surface area contributed by atoms with Crippen LogP contribution in [-0.2, 0) is 19.4 Å². The lowest BCUT2D eigenvalue weighted by Crippen LogP contribution is -2.31. The summed E-state index contributed by atoms with van der Waals surface area (Å²) in [5.74, 6) is -0.733. The molecule has 2 aromatic carbocycles. The number of carbonyl (C=O) groups excluding carboxylic acids is 2. The molecule has 0 aliphatic carbocycles. The molecule has 3 aromatic rings. The minimum absolute atomic E-state index is 0.00106. The second-order valence-electron chi connectivity index (χ2n) is 8.21. The average molecular weight is 481 g/mol. The first-order valence-electron chi connectivity index (χ1n) is 10.6. The van der Waals surface area contributed by atoms with Crippen molar-refractivity contribution in [2.45, 2.75) is 31.2 Å². The quantitative estimate of drug-likeness (QED) is 0.497. The maximum absolute atomic E-state index is 13.0. The molecule has 1 amide bonds. The number of sulfone groups is 1. The first-order valence-corrected chi connectivity index (χ1v) is 12.5. The van der Waals surface area contributed by atoms with Crippen molar-refractivity contribution in [2.75, 3.05) is 12.9 Å². The zero-order valence-electron chi connectivity index (χ0n) is 19.0. The SMILES string of the molecule is Cc1ccc(C2=NN(C(=O)COC(=O)c3cc(S(C)(=O)=O)ccc3C)C(c3ccco3)C2)cc1. The molecular formula is C25H24N2O6S. The van der Waals surface area contributed by atoms with Gasteiger partial charge in [-0.1, -0.05) is 35.9 Å². The summed E-state index contributed by atoms with van der Waals surface area (Å²) < 4.78 is 34.4. The summed E-state index contributed by atoms with van der Waals surface area (Å²) in [6.07, 6.45) is 3.04. The van der Waals surface area contributed by atoms with Crippen LogP contribution in [0.4, 0.5) is 0 Å². The van der Waals surface area contributed by atoms with Crippen molar-refractivity contribution in [2.24, 2.45) is 5.10 Å². The van der Waals surface area contributed by atoms with E-state index in [1.54, 1.807) is 19.1 Å². The summed E-state index contributed by atoms with van der Waals surface area (Å²) in [4.78, 5) is 25.7. The van der Waals surface area contributed by atoms with Gasteiger partial charge in [0.1, 0.15) is 11.8 Å². The van der Waals surface area contributed by atoms with E-state index in [4.69, 9.17) is 9.15 Å². The molecule has 1 aliphatic heterocycles. The van der Waals surface area contributed by atoms with E-state index in [-0.39, 0.29) is 10.5 Å². The van der Waals surface area contributed by atoms with Gasteiger partial charge in [0.2, 0.25) is 0 Å². The molecule has 8 nitrogen and oxygen atoms in total. The van der Waals surface area contributed by atoms with Gasteiger partial charge in [0, 0.05) is 12.7 Å². The molecule has 0 saturated heterocycles. The first-order chi connectivity index (χ1) is 16.1. The summed E-state index contributed by atoms with van der Waals surface area (Å²) in [6, 6.07) is 15.1. The fraction of sp³-hybridized carbons (Fsp3) is 0.240. The second-order valence-corrected chi connectivity index (χ2v) is 10.2. The predicted octanol–water partition coefficient (Wildman–Crippen LogP) is 3.83. The number of hydrogen-bond acceptors (Lipinski definition) is 7. The van der Waals surface area contributed by atoms with Gasteiger partial charge in [-0.3, -0.25) is 4.79 Å². The van der Waals surface area contributed by atoms with E-state index >= 15 is 0 Å². The van der Waals surface area contributed by atoms with Gasteiger partial charge in [0.25, 0.3) is 5.91 Å². The minimum atomic E-state index is -3.50. The van der Waals surface area contributed by atoms with Gasteiger partial charge < -0.3 is 9.15 Å². The van der Waals surface area contributed by atoms with Crippen molar-refractivity contribution < 1.29 is 27.2 Å². The van der Waals surface area contributed by atoms with E-state index in [9.17, 15) is 18.0 Å². The second kappa shape index (κ2) is 9.26. The van der Waals surface area contributed by atoms with Gasteiger partial charge in [-0.05, 0) is 49.2 Å². The summed E-state index contributed by atoms with van der Waals surface area (Å²) in [6.45, 7) is 3.10. The van der Waals surface area contributed by atoms with Crippen LogP contribution in [0.25, 0.3) is 0 Å². The molecule has 1 aromatic heterocycles. The fourth-order valence-electron chi connectivity index (χ4n) is 3.69. The Hall–Kier alpha value is -3.72. The molecule has 0 fully saturated rings. The number of hydrogen-bond donors (Lipinski definition) is 0. The predicted molar refractivity (Wildman–Crippen MR) is 125 cm³/mol. The summed E-state index contributed by atoms with van der Waals surface area (Å²) in [5, 5.41) is 5.79. The molecule has 9 heteroatoms. The molecule has 1 aliphatic rings. The highest BCUT2D eigenvalue weighted by Crippen LogP contribution is 2.33. The normalized spacial score (nSPS) is 15.8. The maximum atomic E-state index is 13.0. The Kier molecular flexibility index (Phi) is 6.39. The lowest BCUT2D eigenvalue weighted by molar-refractivity contribution is -0.136. The standard InChI is InChI=1S/C25H24N2O6S/c1-16-6-9-18(10-7-16)21-14-22(23-5-4-12-32-23)27(26-21)24(28)15-33-25(29)20-13-19(34(3,30)31)11-8-17(20)2/h4-13,22H,14-15H2,1-3H3. The number of ether oxygens (including phenoxy) is 1. The molecular weight excluding hydrogens is 456 g/mol. The summed E-state index contributed by atoms with van der Waals surface area (Å²) >= 11 is 0. The average Bonchev–Trinajstić information content (AvgIpc) is 3.47. The molecule has 0 saturated carbocycles. The van der Waals surface area contributed by atoms with Crippen molar-refractivity contribution >= 4 is 27.4 Å². The third-order valence-corrected chi connectivity index (χ3v) is 6.72. The van der Waals surface area contributed by atoms with Crippen LogP contribution in [-0.4, -0.2) is 43.9 Å². The van der Waals surface area contributed by atoms with Crippen molar-refractivity contribution in [1.82, 2.24) is 5.01 Å². The number of aryl methyl sites for hydroxylation is 2. The van der Waals surface area contributed by atoms with Crippen LogP contribution in [0.15, 0.2) is 75.3 Å². The van der Waals surface area contributed by atoms with Gasteiger partial charge in [0.15, 0.2) is 16.4 Å². The Morgan fingerprint density at radius 1 is 1.12 bits per heavy atom. The highest BCUT2D eigenvalue weighted by Gasteiger charge is 2.35. The van der Waals surface area contributed by atoms with E-state index in [2.05, 4.69) is 5.10 Å². The van der Waals surface area contributed by atoms with Crippen LogP contribution in [0, 0.1) is 13.8 Å². The molecule has 34 heavy (non-hydrogen) atoms. The third-order valence-electron chi connectivity index (χ3n) is 5.61. The molecule has 0 bridgehead atoms. The number of furan rings is 1. The Morgan fingerprint density at radius 3 is 2.50 bits per heavy atom. The van der Waals surface area contributed by atoms with Crippen LogP contribution in [0.5, 0.6) is 0 Å². The van der Waals surface area contributed by atoms with E-state index < -0.39 is 34.4 Å². The molecule has 4 rings (SSSR count). The summed E-state index contributed by atoms with van der Waals surface area (Å²) in [5.41, 5.74) is 3.35. The highest BCUT2D eigenvalue weighted by molar-refractivity contribution is 7.90. The number of nitrogens with zero attached hydrogens (tertiary/aromatic N) is 2. The Balaban J connectivity index is 1.53. The Bertz CT molecular complexity index is 1360. The topological polar surface area (TPSA) is 106 Å². The van der Waals surface area contributed by atoms with E-state index in [1.165, 1.54) is 29.5 Å². The van der Waals surface area contributed by atoms with E-state index in [1.807, 2.05) is 31.2 Å². The van der Waals surface area contributed by atoms with Crippen LogP contribution in [0.2, 0.25) is 0 Å². The lowest BCUT2D eigenvalue weighted by Gasteiger charge is -2.19. The molecule has 0 spiro atoms. The third kappa shape index (κ3) is 4.94. The number of carbonyl (C=O) groups is 2. The maximum Gasteiger partial charge on any atom is 0.338 e. The molecule has 176 valence electrons. The smallest absolute Gasteiger partial charge is 0.338 e. The number of rotatable bonds is 6. The number of esters is 1. The van der Waals surface area contributed by atoms with E-state index in [0.29, 0.717) is 17.7 Å². The largest absolute Gasteiger partial charge is 0.467 e. The monoisotopic (exact) mass is 480 g/mol. The highest BCUT2D eigenvalue weighted by atomic mass is 32.2. The van der Waals surface area contributed by atoms with Crippen LogP contribution >= 0.6 is 0 Å². The van der Waals surface area contributed by atoms with Crippen LogP contribution in [0.1, 0.15) is 45.3 Å². The van der Waals surface area contributed by atoms with Gasteiger partial charge in [-0.15, -0.1) is 0 Å². The van der Waals surface area contributed by atoms with Crippen molar-refractivity contribution in [3.8, 4) is 0 Å².